The number of Topliss-reactive ketones (excluding diaryl/α,β-unsaturated/α-hetero) is 1. The van der Waals surface area contributed by atoms with E-state index in [1.165, 1.54) is 5.92 Å². The molecule has 4 aliphatic rings. The van der Waals surface area contributed by atoms with Gasteiger partial charge in [-0.1, -0.05) is 115 Å². The Morgan fingerprint density at radius 2 is 1.12 bits per heavy atom. The standard InChI is InChI=1S/C34H25O2.C5H5.Fe/c35-32(24-13-4-1-5-14-24)23-31-27-19-12-22-28(27)33(25-15-6-2-7-16-25)29-20-10-11-21-30(29)34(31,36-33)26-17-8-3-9-18-26;1-2-4-5-3-1;/h1-22,31H,23H2;1-5H;/q;;+2/t31-,33-,34-;;/m0../s1. The summed E-state index contributed by atoms with van der Waals surface area (Å²) in [5.41, 5.74) is 3.69. The minimum atomic E-state index is -0.792. The number of hydrogen-bond donors (Lipinski definition) is 0. The molecule has 2 bridgehead atoms. The van der Waals surface area contributed by atoms with Gasteiger partial charge in [0.1, 0.15) is 11.2 Å². The van der Waals surface area contributed by atoms with Crippen molar-refractivity contribution in [2.24, 2.45) is 5.92 Å². The molecule has 8 rings (SSSR count). The fraction of sp³-hybridized carbons (Fsp3) is 0.103. The van der Waals surface area contributed by atoms with Crippen molar-refractivity contribution in [2.45, 2.75) is 17.6 Å². The van der Waals surface area contributed by atoms with Crippen molar-refractivity contribution in [1.29, 1.82) is 0 Å². The molecule has 0 N–H and O–H groups in total. The molecule has 3 heteroatoms. The van der Waals surface area contributed by atoms with Crippen LogP contribution in [0.25, 0.3) is 0 Å². The summed E-state index contributed by atoms with van der Waals surface area (Å²) >= 11 is 0. The molecule has 4 aromatic carbocycles. The van der Waals surface area contributed by atoms with Crippen LogP contribution >= 0.6 is 0 Å². The van der Waals surface area contributed by atoms with Gasteiger partial charge >= 0.3 is 17.1 Å². The Kier molecular flexibility index (Phi) is 8.55. The third-order valence-electron chi connectivity index (χ3n) is 8.54. The smallest absolute Gasteiger partial charge is 0.349 e. The van der Waals surface area contributed by atoms with Gasteiger partial charge in [-0.2, -0.15) is 0 Å². The van der Waals surface area contributed by atoms with E-state index in [1.54, 1.807) is 0 Å². The summed E-state index contributed by atoms with van der Waals surface area (Å²) < 4.78 is 7.50. The van der Waals surface area contributed by atoms with Crippen LogP contribution in [0.1, 0.15) is 39.0 Å². The molecule has 1 heterocycles. The molecule has 42 heavy (non-hydrogen) atoms. The van der Waals surface area contributed by atoms with Gasteiger partial charge < -0.3 is 4.74 Å². The molecule has 10 radical (unpaired) electrons. The fourth-order valence-electron chi connectivity index (χ4n) is 6.85. The van der Waals surface area contributed by atoms with Crippen molar-refractivity contribution in [3.63, 3.8) is 0 Å². The predicted molar refractivity (Wildman–Crippen MR) is 162 cm³/mol. The van der Waals surface area contributed by atoms with Crippen molar-refractivity contribution in [2.75, 3.05) is 0 Å². The van der Waals surface area contributed by atoms with E-state index in [0.717, 1.165) is 33.7 Å². The number of benzene rings is 4. The van der Waals surface area contributed by atoms with E-state index in [4.69, 9.17) is 4.74 Å². The third kappa shape index (κ3) is 4.71. The molecule has 4 aromatic rings. The number of ketones is 1. The number of hydrogen-bond acceptors (Lipinski definition) is 2. The summed E-state index contributed by atoms with van der Waals surface area (Å²) in [7, 11) is 0. The van der Waals surface area contributed by atoms with Crippen molar-refractivity contribution in [3.8, 4) is 0 Å². The van der Waals surface area contributed by atoms with E-state index in [1.807, 2.05) is 74.6 Å². The van der Waals surface area contributed by atoms with Crippen LogP contribution in [0.5, 0.6) is 0 Å². The summed E-state index contributed by atoms with van der Waals surface area (Å²) in [6.07, 6.45) is 16.8. The van der Waals surface area contributed by atoms with E-state index in [0.29, 0.717) is 6.42 Å². The van der Waals surface area contributed by atoms with Gasteiger partial charge in [-0.15, -0.1) is 0 Å². The zero-order valence-corrected chi connectivity index (χ0v) is 24.1. The van der Waals surface area contributed by atoms with Crippen LogP contribution in [-0.4, -0.2) is 5.78 Å². The Morgan fingerprint density at radius 1 is 0.595 bits per heavy atom. The first-order chi connectivity index (χ1) is 20.2. The first-order valence-corrected chi connectivity index (χ1v) is 14.2. The first-order valence-electron chi connectivity index (χ1n) is 14.2. The van der Waals surface area contributed by atoms with Gasteiger partial charge in [0.15, 0.2) is 5.78 Å². The molecule has 0 spiro atoms. The minimum absolute atomic E-state index is 0. The molecule has 3 aliphatic carbocycles. The molecule has 2 fully saturated rings. The van der Waals surface area contributed by atoms with Crippen molar-refractivity contribution in [3.05, 3.63) is 206 Å². The van der Waals surface area contributed by atoms with Gasteiger partial charge in [0.25, 0.3) is 0 Å². The second-order valence-electron chi connectivity index (χ2n) is 10.7. The van der Waals surface area contributed by atoms with Crippen molar-refractivity contribution in [1.82, 2.24) is 0 Å². The molecule has 3 atom stereocenters. The van der Waals surface area contributed by atoms with E-state index in [9.17, 15) is 4.79 Å². The molecule has 0 amide bonds. The molecule has 204 valence electrons. The number of carbonyl (C=O) groups excluding carboxylic acids is 1. The van der Waals surface area contributed by atoms with Gasteiger partial charge in [-0.05, 0) is 79.5 Å². The van der Waals surface area contributed by atoms with Crippen LogP contribution in [0.15, 0.2) is 115 Å². The molecule has 0 unspecified atom stereocenters. The maximum absolute atomic E-state index is 13.7. The normalized spacial score (nSPS) is 26.0. The number of ether oxygens (including phenoxy) is 1. The van der Waals surface area contributed by atoms with Crippen LogP contribution in [-0.2, 0) is 33.0 Å². The summed E-state index contributed by atoms with van der Waals surface area (Å²) in [5.74, 6) is 2.28. The minimum Gasteiger partial charge on any atom is -0.349 e. The Labute approximate surface area is 261 Å². The maximum Gasteiger partial charge on any atom is 2.00 e. The summed E-state index contributed by atoms with van der Waals surface area (Å²) in [5, 5.41) is 0. The van der Waals surface area contributed by atoms with Gasteiger partial charge in [-0.3, -0.25) is 4.79 Å². The maximum atomic E-state index is 13.7. The second-order valence-corrected chi connectivity index (χ2v) is 10.7. The fourth-order valence-corrected chi connectivity index (χ4v) is 6.85. The third-order valence-corrected chi connectivity index (χ3v) is 8.54. The Bertz CT molecular complexity index is 1480. The van der Waals surface area contributed by atoms with Gasteiger partial charge in [-0.25, -0.2) is 0 Å². The molecule has 1 aliphatic heterocycles. The quantitative estimate of drug-likeness (QED) is 0.176. The van der Waals surface area contributed by atoms with Crippen LogP contribution in [0, 0.1) is 69.1 Å². The average molecular weight is 587 g/mol. The van der Waals surface area contributed by atoms with Crippen LogP contribution in [0.3, 0.4) is 0 Å². The predicted octanol–water partition coefficient (Wildman–Crippen LogP) is 7.90. The number of fused-ring (bicyclic) bond motifs is 2. The second kappa shape index (κ2) is 12.3. The Hall–Kier alpha value is -2.97. The number of rotatable bonds is 5. The molecular formula is C39H30FeO2+2. The van der Waals surface area contributed by atoms with Gasteiger partial charge in [0.2, 0.25) is 0 Å². The summed E-state index contributed by atoms with van der Waals surface area (Å²) in [4.78, 5) is 13.7. The molecule has 0 saturated heterocycles. The van der Waals surface area contributed by atoms with Gasteiger partial charge in [0.05, 0.1) is 0 Å². The SMILES string of the molecule is O=C(C[C@H]1[C]2[CH][CH][CH][C]2[C@]2(c3ccccc3)O[C@@]1(c1ccccc1)c1ccccc12)c1ccccc1.[CH]1[CH][CH][CH][CH]1.[Fe+2]. The van der Waals surface area contributed by atoms with E-state index < -0.39 is 11.2 Å². The molecule has 2 nitrogen and oxygen atoms in total. The van der Waals surface area contributed by atoms with Crippen LogP contribution in [0.2, 0.25) is 0 Å². The summed E-state index contributed by atoms with van der Waals surface area (Å²) in [6, 6.07) is 39.2. The van der Waals surface area contributed by atoms with Crippen molar-refractivity contribution < 1.29 is 26.6 Å². The van der Waals surface area contributed by atoms with E-state index >= 15 is 0 Å². The van der Waals surface area contributed by atoms with Gasteiger partial charge in [0, 0.05) is 23.8 Å². The number of carbonyl (C=O) groups is 1. The topological polar surface area (TPSA) is 26.3 Å². The Morgan fingerprint density at radius 3 is 1.74 bits per heavy atom. The molecule has 0 aromatic heterocycles. The zero-order valence-electron chi connectivity index (χ0n) is 23.0. The first kappa shape index (κ1) is 29.1. The average Bonchev–Trinajstić information content (AvgIpc) is 3.83. The summed E-state index contributed by atoms with van der Waals surface area (Å²) in [6.45, 7) is 0. The van der Waals surface area contributed by atoms with Crippen LogP contribution in [0.4, 0.5) is 0 Å². The van der Waals surface area contributed by atoms with E-state index in [2.05, 4.69) is 92.1 Å². The monoisotopic (exact) mass is 586 g/mol. The molecule has 2 saturated carbocycles. The van der Waals surface area contributed by atoms with E-state index in [-0.39, 0.29) is 28.8 Å². The molecular weight excluding hydrogens is 556 g/mol. The van der Waals surface area contributed by atoms with Crippen molar-refractivity contribution >= 4 is 5.78 Å². The zero-order chi connectivity index (χ0) is 27.7. The largest absolute Gasteiger partial charge is 2.00 e. The van der Waals surface area contributed by atoms with Crippen LogP contribution < -0.4 is 0 Å². The Balaban J connectivity index is 0.000000479.